The van der Waals surface area contributed by atoms with Gasteiger partial charge in [0.15, 0.2) is 5.82 Å². The summed E-state index contributed by atoms with van der Waals surface area (Å²) >= 11 is 3.27. The minimum Gasteiger partial charge on any atom is -0.496 e. The maximum atomic E-state index is 5.73. The van der Waals surface area contributed by atoms with Crippen LogP contribution in [0.15, 0.2) is 28.9 Å². The smallest absolute Gasteiger partial charge is 0.161 e. The van der Waals surface area contributed by atoms with Gasteiger partial charge in [0.25, 0.3) is 0 Å². The van der Waals surface area contributed by atoms with Crippen molar-refractivity contribution in [2.75, 3.05) is 12.8 Å². The minimum atomic E-state index is 0.434. The lowest BCUT2D eigenvalue weighted by Gasteiger charge is -2.07. The van der Waals surface area contributed by atoms with Crippen LogP contribution in [0, 0.1) is 6.92 Å². The number of nitrogens with two attached hydrogens (primary N) is 1. The van der Waals surface area contributed by atoms with Crippen LogP contribution in [0.1, 0.15) is 5.56 Å². The van der Waals surface area contributed by atoms with Crippen molar-refractivity contribution in [1.82, 2.24) is 9.97 Å². The van der Waals surface area contributed by atoms with Crippen LogP contribution in [0.3, 0.4) is 0 Å². The molecule has 1 aromatic heterocycles. The SMILES string of the molecule is COc1ccc(-c2ncc(Br)c(N)n2)cc1C. The van der Waals surface area contributed by atoms with E-state index in [9.17, 15) is 0 Å². The van der Waals surface area contributed by atoms with Gasteiger partial charge in [-0.1, -0.05) is 0 Å². The molecular weight excluding hydrogens is 282 g/mol. The molecule has 0 saturated carbocycles. The summed E-state index contributed by atoms with van der Waals surface area (Å²) in [6, 6.07) is 5.78. The van der Waals surface area contributed by atoms with Crippen LogP contribution in [0.2, 0.25) is 0 Å². The first-order chi connectivity index (χ1) is 8.11. The lowest BCUT2D eigenvalue weighted by Crippen LogP contribution is -1.97. The van der Waals surface area contributed by atoms with Gasteiger partial charge in [0, 0.05) is 11.8 Å². The number of ether oxygens (including phenoxy) is 1. The number of methoxy groups -OCH3 is 1. The van der Waals surface area contributed by atoms with E-state index in [-0.39, 0.29) is 0 Å². The molecule has 1 aromatic carbocycles. The number of hydrogen-bond donors (Lipinski definition) is 1. The zero-order chi connectivity index (χ0) is 12.4. The molecule has 0 atom stereocenters. The van der Waals surface area contributed by atoms with Crippen LogP contribution in [0.4, 0.5) is 5.82 Å². The first kappa shape index (κ1) is 11.9. The van der Waals surface area contributed by atoms with E-state index in [0.29, 0.717) is 16.1 Å². The van der Waals surface area contributed by atoms with Crippen molar-refractivity contribution in [3.63, 3.8) is 0 Å². The number of anilines is 1. The largest absolute Gasteiger partial charge is 0.496 e. The van der Waals surface area contributed by atoms with E-state index in [1.54, 1.807) is 13.3 Å². The topological polar surface area (TPSA) is 61.0 Å². The molecule has 88 valence electrons. The Hall–Kier alpha value is -1.62. The Morgan fingerprint density at radius 3 is 2.71 bits per heavy atom. The molecule has 2 N–H and O–H groups in total. The van der Waals surface area contributed by atoms with Crippen LogP contribution >= 0.6 is 15.9 Å². The van der Waals surface area contributed by atoms with Gasteiger partial charge in [0.05, 0.1) is 11.6 Å². The summed E-state index contributed by atoms with van der Waals surface area (Å²) in [7, 11) is 1.65. The predicted octanol–water partition coefficient (Wildman–Crippen LogP) is 2.81. The van der Waals surface area contributed by atoms with Crippen LogP contribution in [0.25, 0.3) is 11.4 Å². The number of halogens is 1. The average molecular weight is 294 g/mol. The molecule has 2 aromatic rings. The lowest BCUT2D eigenvalue weighted by atomic mass is 10.1. The van der Waals surface area contributed by atoms with Crippen molar-refractivity contribution in [3.05, 3.63) is 34.4 Å². The molecule has 2 rings (SSSR count). The molecule has 4 nitrogen and oxygen atoms in total. The van der Waals surface area contributed by atoms with Crippen molar-refractivity contribution in [3.8, 4) is 17.1 Å². The maximum absolute atomic E-state index is 5.73. The molecule has 17 heavy (non-hydrogen) atoms. The van der Waals surface area contributed by atoms with Gasteiger partial charge in [-0.2, -0.15) is 0 Å². The Kier molecular flexibility index (Phi) is 3.28. The summed E-state index contributed by atoms with van der Waals surface area (Å²) in [5.74, 6) is 1.89. The molecule has 0 aliphatic heterocycles. The number of aryl methyl sites for hydroxylation is 1. The Balaban J connectivity index is 2.46. The highest BCUT2D eigenvalue weighted by molar-refractivity contribution is 9.10. The van der Waals surface area contributed by atoms with E-state index in [2.05, 4.69) is 25.9 Å². The van der Waals surface area contributed by atoms with Gasteiger partial charge in [-0.25, -0.2) is 9.97 Å². The highest BCUT2D eigenvalue weighted by Crippen LogP contribution is 2.25. The number of nitrogens with zero attached hydrogens (tertiary/aromatic N) is 2. The number of benzene rings is 1. The summed E-state index contributed by atoms with van der Waals surface area (Å²) in [5.41, 5.74) is 7.69. The fourth-order valence-electron chi connectivity index (χ4n) is 1.54. The Labute approximate surface area is 108 Å². The van der Waals surface area contributed by atoms with Crippen LogP contribution in [0.5, 0.6) is 5.75 Å². The first-order valence-corrected chi connectivity index (χ1v) is 5.84. The zero-order valence-electron chi connectivity index (χ0n) is 9.57. The second kappa shape index (κ2) is 4.71. The van der Waals surface area contributed by atoms with E-state index in [0.717, 1.165) is 16.9 Å². The van der Waals surface area contributed by atoms with Gasteiger partial charge < -0.3 is 10.5 Å². The van der Waals surface area contributed by atoms with E-state index in [1.165, 1.54) is 0 Å². The third-order valence-corrected chi connectivity index (χ3v) is 3.04. The van der Waals surface area contributed by atoms with Gasteiger partial charge in [-0.3, -0.25) is 0 Å². The normalized spacial score (nSPS) is 10.3. The molecule has 0 unspecified atom stereocenters. The summed E-state index contributed by atoms with van der Waals surface area (Å²) in [6.45, 7) is 1.98. The molecule has 0 saturated heterocycles. The van der Waals surface area contributed by atoms with Crippen molar-refractivity contribution >= 4 is 21.7 Å². The molecule has 5 heteroatoms. The highest BCUT2D eigenvalue weighted by Gasteiger charge is 2.06. The molecule has 0 bridgehead atoms. The molecule has 1 heterocycles. The second-order valence-corrected chi connectivity index (χ2v) is 4.47. The minimum absolute atomic E-state index is 0.434. The first-order valence-electron chi connectivity index (χ1n) is 5.05. The van der Waals surface area contributed by atoms with Gasteiger partial charge in [-0.15, -0.1) is 0 Å². The van der Waals surface area contributed by atoms with Crippen LogP contribution < -0.4 is 10.5 Å². The average Bonchev–Trinajstić information content (AvgIpc) is 2.32. The van der Waals surface area contributed by atoms with Crippen molar-refractivity contribution in [2.45, 2.75) is 6.92 Å². The Morgan fingerprint density at radius 2 is 2.12 bits per heavy atom. The van der Waals surface area contributed by atoms with Gasteiger partial charge >= 0.3 is 0 Å². The van der Waals surface area contributed by atoms with Crippen LogP contribution in [-0.4, -0.2) is 17.1 Å². The number of rotatable bonds is 2. The van der Waals surface area contributed by atoms with E-state index < -0.39 is 0 Å². The third-order valence-electron chi connectivity index (χ3n) is 2.42. The number of hydrogen-bond acceptors (Lipinski definition) is 4. The summed E-state index contributed by atoms with van der Waals surface area (Å²) in [4.78, 5) is 8.45. The molecule has 0 spiro atoms. The maximum Gasteiger partial charge on any atom is 0.161 e. The second-order valence-electron chi connectivity index (χ2n) is 3.61. The van der Waals surface area contributed by atoms with E-state index >= 15 is 0 Å². The zero-order valence-corrected chi connectivity index (χ0v) is 11.2. The predicted molar refractivity (Wildman–Crippen MR) is 70.9 cm³/mol. The van der Waals surface area contributed by atoms with Crippen molar-refractivity contribution < 1.29 is 4.74 Å². The van der Waals surface area contributed by atoms with E-state index in [1.807, 2.05) is 25.1 Å². The monoisotopic (exact) mass is 293 g/mol. The van der Waals surface area contributed by atoms with Gasteiger partial charge in [0.1, 0.15) is 11.6 Å². The third kappa shape index (κ3) is 2.39. The van der Waals surface area contributed by atoms with E-state index in [4.69, 9.17) is 10.5 Å². The van der Waals surface area contributed by atoms with Gasteiger partial charge in [-0.05, 0) is 46.6 Å². The molecule has 0 radical (unpaired) electrons. The summed E-state index contributed by atoms with van der Waals surface area (Å²) < 4.78 is 5.91. The molecule has 0 aliphatic carbocycles. The lowest BCUT2D eigenvalue weighted by molar-refractivity contribution is 0.412. The Bertz CT molecular complexity index is 557. The summed E-state index contributed by atoms with van der Waals surface area (Å²) in [5, 5.41) is 0. The highest BCUT2D eigenvalue weighted by atomic mass is 79.9. The quantitative estimate of drug-likeness (QED) is 0.925. The number of aromatic nitrogens is 2. The molecular formula is C12H12BrN3O. The fraction of sp³-hybridized carbons (Fsp3) is 0.167. The summed E-state index contributed by atoms with van der Waals surface area (Å²) in [6.07, 6.45) is 1.65. The standard InChI is InChI=1S/C12H12BrN3O/c1-7-5-8(3-4-10(7)17-2)12-15-6-9(13)11(14)16-12/h3-6H,1-2H3,(H2,14,15,16). The number of nitrogen functional groups attached to an aromatic ring is 1. The van der Waals surface area contributed by atoms with Crippen LogP contribution in [-0.2, 0) is 0 Å². The Morgan fingerprint density at radius 1 is 1.35 bits per heavy atom. The van der Waals surface area contributed by atoms with Crippen molar-refractivity contribution in [2.24, 2.45) is 0 Å². The van der Waals surface area contributed by atoms with Gasteiger partial charge in [0.2, 0.25) is 0 Å². The molecule has 0 fully saturated rings. The molecule has 0 amide bonds. The molecule has 0 aliphatic rings. The fourth-order valence-corrected chi connectivity index (χ4v) is 1.73. The van der Waals surface area contributed by atoms with Crippen molar-refractivity contribution in [1.29, 1.82) is 0 Å².